The summed E-state index contributed by atoms with van der Waals surface area (Å²) >= 11 is 10.7. The van der Waals surface area contributed by atoms with Gasteiger partial charge in [0.15, 0.2) is 0 Å². The first-order chi connectivity index (χ1) is 16.7. The molecule has 3 heterocycles. The number of aromatic nitrogens is 4. The molecular formula is C22H20ClF2N5O4S. The highest BCUT2D eigenvalue weighted by Gasteiger charge is 2.60. The van der Waals surface area contributed by atoms with Crippen LogP contribution in [-0.4, -0.2) is 67.7 Å². The molecule has 1 aliphatic heterocycles. The van der Waals surface area contributed by atoms with E-state index in [1.807, 2.05) is 6.07 Å². The Bertz CT molecular complexity index is 1280. The fourth-order valence-corrected chi connectivity index (χ4v) is 5.00. The Kier molecular flexibility index (Phi) is 7.10. The molecule has 1 aromatic carbocycles. The Morgan fingerprint density at radius 2 is 2.03 bits per heavy atom. The summed E-state index contributed by atoms with van der Waals surface area (Å²) in [5.41, 5.74) is -2.81. The summed E-state index contributed by atoms with van der Waals surface area (Å²) in [7, 11) is 1.34. The zero-order valence-electron chi connectivity index (χ0n) is 18.4. The number of benzene rings is 1. The third-order valence-electron chi connectivity index (χ3n) is 6.08. The number of methoxy groups -OCH3 is 1. The molecule has 0 unspecified atom stereocenters. The maximum Gasteiger partial charge on any atom is 0.150 e. The zero-order chi connectivity index (χ0) is 25.5. The number of rotatable bonds is 5. The Balaban J connectivity index is 2.02. The molecule has 2 N–H and O–H groups in total. The highest BCUT2D eigenvalue weighted by Crippen LogP contribution is 2.45. The van der Waals surface area contributed by atoms with Gasteiger partial charge in [0, 0.05) is 30.0 Å². The van der Waals surface area contributed by atoms with Gasteiger partial charge in [0.05, 0.1) is 17.8 Å². The lowest BCUT2D eigenvalue weighted by Gasteiger charge is -2.51. The van der Waals surface area contributed by atoms with Gasteiger partial charge in [0.1, 0.15) is 58.4 Å². The fourth-order valence-electron chi connectivity index (χ4n) is 4.34. The second-order valence-corrected chi connectivity index (χ2v) is 8.89. The van der Waals surface area contributed by atoms with Crippen LogP contribution in [0.25, 0.3) is 11.3 Å². The van der Waals surface area contributed by atoms with Gasteiger partial charge in [-0.15, -0.1) is 17.7 Å². The van der Waals surface area contributed by atoms with Crippen molar-refractivity contribution in [3.05, 3.63) is 64.1 Å². The predicted octanol–water partition coefficient (Wildman–Crippen LogP) is 2.22. The average molecular weight is 524 g/mol. The van der Waals surface area contributed by atoms with Gasteiger partial charge >= 0.3 is 0 Å². The SMILES string of the molecule is CO[C@@H]1[C@H](S)O[C@@H](CO)[C@@H](O)[C@@]1(c1cc(Cl)cnc1C#N)n1cc(-c2cc(F)c(C)c(F)c2)nn1. The van der Waals surface area contributed by atoms with Crippen LogP contribution in [-0.2, 0) is 15.0 Å². The van der Waals surface area contributed by atoms with Crippen molar-refractivity contribution in [2.75, 3.05) is 13.7 Å². The molecule has 0 radical (unpaired) electrons. The molecule has 13 heteroatoms. The Labute approximate surface area is 209 Å². The van der Waals surface area contributed by atoms with Crippen LogP contribution in [0.1, 0.15) is 16.8 Å². The topological polar surface area (TPSA) is 126 Å². The molecule has 2 aromatic heterocycles. The largest absolute Gasteiger partial charge is 0.394 e. The molecule has 1 fully saturated rings. The summed E-state index contributed by atoms with van der Waals surface area (Å²) in [4.78, 5) is 4.07. The summed E-state index contributed by atoms with van der Waals surface area (Å²) in [6.07, 6.45) is -1.28. The quantitative estimate of drug-likeness (QED) is 0.435. The van der Waals surface area contributed by atoms with Crippen molar-refractivity contribution in [1.82, 2.24) is 20.0 Å². The first-order valence-corrected chi connectivity index (χ1v) is 11.2. The van der Waals surface area contributed by atoms with Gasteiger partial charge in [0.25, 0.3) is 0 Å². The number of thiol groups is 1. The third-order valence-corrected chi connectivity index (χ3v) is 6.68. The van der Waals surface area contributed by atoms with E-state index in [1.54, 1.807) is 0 Å². The van der Waals surface area contributed by atoms with Gasteiger partial charge in [-0.1, -0.05) is 16.8 Å². The van der Waals surface area contributed by atoms with E-state index in [0.29, 0.717) is 0 Å². The first kappa shape index (κ1) is 25.4. The van der Waals surface area contributed by atoms with E-state index >= 15 is 0 Å². The van der Waals surface area contributed by atoms with Gasteiger partial charge in [-0.25, -0.2) is 18.4 Å². The first-order valence-electron chi connectivity index (χ1n) is 10.3. The lowest BCUT2D eigenvalue weighted by molar-refractivity contribution is -0.213. The maximum absolute atomic E-state index is 14.2. The lowest BCUT2D eigenvalue weighted by Crippen LogP contribution is -2.68. The average Bonchev–Trinajstić information content (AvgIpc) is 3.33. The molecule has 0 bridgehead atoms. The van der Waals surface area contributed by atoms with E-state index in [4.69, 9.17) is 21.1 Å². The molecule has 4 rings (SSSR count). The zero-order valence-corrected chi connectivity index (χ0v) is 20.1. The lowest BCUT2D eigenvalue weighted by atomic mass is 9.75. The number of hydrogen-bond donors (Lipinski definition) is 3. The second kappa shape index (κ2) is 9.77. The minimum absolute atomic E-state index is 0.0699. The summed E-state index contributed by atoms with van der Waals surface area (Å²) in [5.74, 6) is -1.54. The highest BCUT2D eigenvalue weighted by molar-refractivity contribution is 7.80. The second-order valence-electron chi connectivity index (χ2n) is 7.95. The van der Waals surface area contributed by atoms with Crippen molar-refractivity contribution in [3.63, 3.8) is 0 Å². The molecule has 0 saturated carbocycles. The number of halogens is 3. The van der Waals surface area contributed by atoms with E-state index in [2.05, 4.69) is 27.9 Å². The normalized spacial score (nSPS) is 26.5. The van der Waals surface area contributed by atoms with E-state index in [1.165, 1.54) is 37.2 Å². The van der Waals surface area contributed by atoms with Crippen LogP contribution in [0.3, 0.4) is 0 Å². The van der Waals surface area contributed by atoms with Gasteiger partial charge in [-0.2, -0.15) is 5.26 Å². The number of pyridine rings is 1. The molecule has 3 aromatic rings. The number of nitriles is 1. The number of hydrogen-bond acceptors (Lipinski definition) is 9. The molecule has 0 aliphatic carbocycles. The summed E-state index contributed by atoms with van der Waals surface area (Å²) in [5, 5.41) is 39.6. The van der Waals surface area contributed by atoms with Crippen molar-refractivity contribution in [2.45, 2.75) is 36.2 Å². The van der Waals surface area contributed by atoms with Crippen LogP contribution in [0, 0.1) is 29.9 Å². The van der Waals surface area contributed by atoms with Crippen molar-refractivity contribution in [3.8, 4) is 17.3 Å². The Morgan fingerprint density at radius 3 is 2.63 bits per heavy atom. The third kappa shape index (κ3) is 4.08. The number of aliphatic hydroxyl groups excluding tert-OH is 2. The number of nitrogens with zero attached hydrogens (tertiary/aromatic N) is 5. The number of aliphatic hydroxyl groups is 2. The maximum atomic E-state index is 14.2. The van der Waals surface area contributed by atoms with Gasteiger partial charge < -0.3 is 19.7 Å². The van der Waals surface area contributed by atoms with Crippen LogP contribution < -0.4 is 0 Å². The molecular weight excluding hydrogens is 504 g/mol. The van der Waals surface area contributed by atoms with Crippen molar-refractivity contribution in [1.29, 1.82) is 5.26 Å². The summed E-state index contributed by atoms with van der Waals surface area (Å²) < 4.78 is 41.0. The number of ether oxygens (including phenoxy) is 2. The van der Waals surface area contributed by atoms with Crippen LogP contribution in [0.5, 0.6) is 0 Å². The van der Waals surface area contributed by atoms with E-state index < -0.39 is 47.5 Å². The monoisotopic (exact) mass is 523 g/mol. The van der Waals surface area contributed by atoms with Crippen molar-refractivity contribution < 1.29 is 28.5 Å². The molecule has 35 heavy (non-hydrogen) atoms. The molecule has 1 saturated heterocycles. The minimum atomic E-state index is -1.79. The van der Waals surface area contributed by atoms with E-state index in [0.717, 1.165) is 12.1 Å². The van der Waals surface area contributed by atoms with E-state index in [-0.39, 0.29) is 33.1 Å². The smallest absolute Gasteiger partial charge is 0.150 e. The summed E-state index contributed by atoms with van der Waals surface area (Å²) in [6, 6.07) is 5.58. The van der Waals surface area contributed by atoms with Crippen LogP contribution in [0.4, 0.5) is 8.78 Å². The van der Waals surface area contributed by atoms with Gasteiger partial charge in [0.2, 0.25) is 0 Å². The molecule has 5 atom stereocenters. The fraction of sp³-hybridized carbons (Fsp3) is 0.364. The molecule has 1 aliphatic rings. The van der Waals surface area contributed by atoms with Crippen LogP contribution >= 0.6 is 24.2 Å². The molecule has 0 spiro atoms. The molecule has 184 valence electrons. The van der Waals surface area contributed by atoms with Crippen molar-refractivity contribution >= 4 is 24.2 Å². The highest BCUT2D eigenvalue weighted by atomic mass is 35.5. The summed E-state index contributed by atoms with van der Waals surface area (Å²) in [6.45, 7) is 0.696. The van der Waals surface area contributed by atoms with E-state index in [9.17, 15) is 24.3 Å². The van der Waals surface area contributed by atoms with Gasteiger partial charge in [-0.05, 0) is 25.1 Å². The van der Waals surface area contributed by atoms with Crippen molar-refractivity contribution in [2.24, 2.45) is 0 Å². The molecule has 0 amide bonds. The minimum Gasteiger partial charge on any atom is -0.394 e. The van der Waals surface area contributed by atoms with Gasteiger partial charge in [-0.3, -0.25) is 0 Å². The predicted molar refractivity (Wildman–Crippen MR) is 123 cm³/mol. The Hall–Kier alpha value is -2.66. The Morgan fingerprint density at radius 1 is 1.34 bits per heavy atom. The van der Waals surface area contributed by atoms with Crippen LogP contribution in [0.15, 0.2) is 30.6 Å². The molecule has 9 nitrogen and oxygen atoms in total. The van der Waals surface area contributed by atoms with Crippen LogP contribution in [0.2, 0.25) is 5.02 Å². The standard InChI is InChI=1S/C22H20ClF2N5O4S/c1-10-14(24)3-11(4-15(10)25)17-8-30(29-28-17)22(13-5-12(23)7-27-16(13)6-26)19(32)18(9-31)34-21(35)20(22)33-2/h3-5,7-8,18-21,31-32,35H,9H2,1-2H3/t18-,19+,20+,21-,22+/m0/s1.